The van der Waals surface area contributed by atoms with Gasteiger partial charge in [-0.15, -0.1) is 12.4 Å². The van der Waals surface area contributed by atoms with Gasteiger partial charge in [-0.05, 0) is 18.2 Å². The lowest BCUT2D eigenvalue weighted by Gasteiger charge is -2.11. The summed E-state index contributed by atoms with van der Waals surface area (Å²) in [5.74, 6) is 0.0213. The van der Waals surface area contributed by atoms with Crippen LogP contribution in [0.3, 0.4) is 0 Å². The van der Waals surface area contributed by atoms with Crippen molar-refractivity contribution in [1.82, 2.24) is 0 Å². The van der Waals surface area contributed by atoms with Crippen LogP contribution in [0, 0.1) is 0 Å². The largest absolute Gasteiger partial charge is 0.483 e. The number of benzene rings is 1. The Kier molecular flexibility index (Phi) is 5.75. The molecule has 0 aliphatic rings. The molecule has 1 aromatic carbocycles. The van der Waals surface area contributed by atoms with Gasteiger partial charge in [0.05, 0.1) is 5.02 Å². The van der Waals surface area contributed by atoms with E-state index in [0.717, 1.165) is 0 Å². The number of hydrogen-bond acceptors (Lipinski definition) is 2. The molecule has 0 spiro atoms. The number of rotatable bonds is 3. The number of nitrogens with one attached hydrogen (secondary N) is 1. The van der Waals surface area contributed by atoms with Gasteiger partial charge in [-0.25, -0.2) is 0 Å². The van der Waals surface area contributed by atoms with E-state index in [1.54, 1.807) is 13.1 Å². The van der Waals surface area contributed by atoms with Crippen LogP contribution in [0.5, 0.6) is 5.75 Å². The van der Waals surface area contributed by atoms with E-state index >= 15 is 0 Å². The van der Waals surface area contributed by atoms with Crippen molar-refractivity contribution in [1.29, 1.82) is 0 Å². The Morgan fingerprint density at radius 3 is 2.44 bits per heavy atom. The van der Waals surface area contributed by atoms with Crippen molar-refractivity contribution in [2.45, 2.75) is 6.18 Å². The molecule has 0 aliphatic heterocycles. The van der Waals surface area contributed by atoms with E-state index in [1.807, 2.05) is 0 Å². The van der Waals surface area contributed by atoms with Gasteiger partial charge in [0, 0.05) is 12.7 Å². The Bertz CT molecular complexity index is 344. The molecule has 0 atom stereocenters. The molecule has 1 N–H and O–H groups in total. The van der Waals surface area contributed by atoms with Crippen LogP contribution in [0.25, 0.3) is 0 Å². The zero-order valence-corrected chi connectivity index (χ0v) is 9.84. The monoisotopic (exact) mass is 275 g/mol. The van der Waals surface area contributed by atoms with Gasteiger partial charge in [0.15, 0.2) is 6.61 Å². The molecule has 0 heterocycles. The highest BCUT2D eigenvalue weighted by atomic mass is 35.5. The Hall–Kier alpha value is -0.810. The second-order valence-electron chi connectivity index (χ2n) is 2.80. The number of ether oxygens (including phenoxy) is 1. The van der Waals surface area contributed by atoms with E-state index in [-0.39, 0.29) is 23.2 Å². The van der Waals surface area contributed by atoms with Gasteiger partial charge < -0.3 is 10.1 Å². The van der Waals surface area contributed by atoms with Gasteiger partial charge in [0.2, 0.25) is 0 Å². The summed E-state index contributed by atoms with van der Waals surface area (Å²) in [7, 11) is 1.68. The molecule has 0 saturated heterocycles. The minimum Gasteiger partial charge on any atom is -0.483 e. The summed E-state index contributed by atoms with van der Waals surface area (Å²) in [6.45, 7) is -1.34. The lowest BCUT2D eigenvalue weighted by Crippen LogP contribution is -2.19. The van der Waals surface area contributed by atoms with Crippen molar-refractivity contribution in [2.75, 3.05) is 19.0 Å². The number of hydrogen-bond donors (Lipinski definition) is 1. The van der Waals surface area contributed by atoms with Crippen molar-refractivity contribution < 1.29 is 17.9 Å². The van der Waals surface area contributed by atoms with Crippen molar-refractivity contribution in [3.05, 3.63) is 23.2 Å². The van der Waals surface area contributed by atoms with Crippen molar-refractivity contribution in [3.8, 4) is 5.75 Å². The predicted octanol–water partition coefficient (Wildman–Crippen LogP) is 3.74. The molecular weight excluding hydrogens is 266 g/mol. The van der Waals surface area contributed by atoms with Crippen LogP contribution in [0.1, 0.15) is 0 Å². The highest BCUT2D eigenvalue weighted by Gasteiger charge is 2.28. The molecule has 92 valence electrons. The van der Waals surface area contributed by atoms with Gasteiger partial charge in [-0.1, -0.05) is 11.6 Å². The summed E-state index contributed by atoms with van der Waals surface area (Å²) < 4.78 is 40.0. The predicted molar refractivity (Wildman–Crippen MR) is 59.8 cm³/mol. The fourth-order valence-electron chi connectivity index (χ4n) is 0.933. The van der Waals surface area contributed by atoms with Crippen LogP contribution in [-0.2, 0) is 0 Å². The summed E-state index contributed by atoms with van der Waals surface area (Å²) in [4.78, 5) is 0. The molecule has 2 nitrogen and oxygen atoms in total. The highest BCUT2D eigenvalue weighted by Crippen LogP contribution is 2.28. The van der Waals surface area contributed by atoms with Gasteiger partial charge in [0.1, 0.15) is 5.75 Å². The molecule has 16 heavy (non-hydrogen) atoms. The van der Waals surface area contributed by atoms with Crippen LogP contribution in [0.15, 0.2) is 18.2 Å². The molecule has 1 aromatic rings. The topological polar surface area (TPSA) is 21.3 Å². The molecule has 0 saturated carbocycles. The summed E-state index contributed by atoms with van der Waals surface area (Å²) >= 11 is 5.70. The van der Waals surface area contributed by atoms with Crippen LogP contribution in [-0.4, -0.2) is 19.8 Å². The van der Waals surface area contributed by atoms with Gasteiger partial charge >= 0.3 is 6.18 Å². The number of halogens is 5. The summed E-state index contributed by atoms with van der Waals surface area (Å²) in [5, 5.41) is 2.95. The molecule has 0 unspecified atom stereocenters. The van der Waals surface area contributed by atoms with Crippen molar-refractivity contribution in [3.63, 3.8) is 0 Å². The first-order chi connectivity index (χ1) is 6.92. The van der Waals surface area contributed by atoms with Crippen LogP contribution in [0.4, 0.5) is 18.9 Å². The minimum atomic E-state index is -4.36. The molecule has 0 aromatic heterocycles. The van der Waals surface area contributed by atoms with Crippen LogP contribution >= 0.6 is 24.0 Å². The first-order valence-corrected chi connectivity index (χ1v) is 4.47. The quantitative estimate of drug-likeness (QED) is 0.907. The van der Waals surface area contributed by atoms with E-state index in [4.69, 9.17) is 11.6 Å². The lowest BCUT2D eigenvalue weighted by molar-refractivity contribution is -0.153. The van der Waals surface area contributed by atoms with Crippen molar-refractivity contribution in [2.24, 2.45) is 0 Å². The standard InChI is InChI=1S/C9H9ClF3NO.ClH/c1-14-6-2-3-8(7(10)4-6)15-5-9(11,12)13;/h2-4,14H,5H2,1H3;1H. The molecule has 0 aliphatic carbocycles. The van der Waals surface area contributed by atoms with E-state index < -0.39 is 12.8 Å². The second-order valence-corrected chi connectivity index (χ2v) is 3.21. The van der Waals surface area contributed by atoms with Crippen LogP contribution in [0.2, 0.25) is 5.02 Å². The highest BCUT2D eigenvalue weighted by molar-refractivity contribution is 6.32. The third kappa shape index (κ3) is 4.81. The zero-order valence-electron chi connectivity index (χ0n) is 8.27. The third-order valence-corrected chi connectivity index (χ3v) is 1.91. The summed E-state index contributed by atoms with van der Waals surface area (Å²) in [6.07, 6.45) is -4.36. The second kappa shape index (κ2) is 6.06. The molecule has 0 radical (unpaired) electrons. The minimum absolute atomic E-state index is 0. The van der Waals surface area contributed by atoms with Gasteiger partial charge in [0.25, 0.3) is 0 Å². The van der Waals surface area contributed by atoms with E-state index in [2.05, 4.69) is 10.1 Å². The van der Waals surface area contributed by atoms with E-state index in [9.17, 15) is 13.2 Å². The zero-order chi connectivity index (χ0) is 11.5. The average Bonchev–Trinajstić information content (AvgIpc) is 2.14. The fourth-order valence-corrected chi connectivity index (χ4v) is 1.17. The first-order valence-electron chi connectivity index (χ1n) is 4.09. The summed E-state index contributed by atoms with van der Waals surface area (Å²) in [5.41, 5.74) is 0.708. The molecule has 7 heteroatoms. The molecule has 0 bridgehead atoms. The number of alkyl halides is 3. The van der Waals surface area contributed by atoms with Gasteiger partial charge in [-0.3, -0.25) is 0 Å². The molecule has 1 rings (SSSR count). The fraction of sp³-hybridized carbons (Fsp3) is 0.333. The van der Waals surface area contributed by atoms with E-state index in [1.165, 1.54) is 12.1 Å². The normalized spacial score (nSPS) is 10.6. The Balaban J connectivity index is 0.00000225. The maximum Gasteiger partial charge on any atom is 0.422 e. The smallest absolute Gasteiger partial charge is 0.422 e. The SMILES string of the molecule is CNc1ccc(OCC(F)(F)F)c(Cl)c1.Cl. The average molecular weight is 276 g/mol. The maximum atomic E-state index is 11.8. The van der Waals surface area contributed by atoms with Crippen molar-refractivity contribution >= 4 is 29.7 Å². The third-order valence-electron chi connectivity index (χ3n) is 1.61. The Morgan fingerprint density at radius 2 is 2.00 bits per heavy atom. The van der Waals surface area contributed by atoms with Gasteiger partial charge in [-0.2, -0.15) is 13.2 Å². The van der Waals surface area contributed by atoms with E-state index in [0.29, 0.717) is 5.69 Å². The Morgan fingerprint density at radius 1 is 1.38 bits per heavy atom. The number of anilines is 1. The summed E-state index contributed by atoms with van der Waals surface area (Å²) in [6, 6.07) is 4.46. The Labute approximate surface area is 102 Å². The molecule has 0 fully saturated rings. The maximum absolute atomic E-state index is 11.8. The van der Waals surface area contributed by atoms with Crippen LogP contribution < -0.4 is 10.1 Å². The first kappa shape index (κ1) is 15.2. The lowest BCUT2D eigenvalue weighted by atomic mass is 10.3. The molecular formula is C9H10Cl2F3NO. The molecule has 0 amide bonds.